The third-order valence-electron chi connectivity index (χ3n) is 1.78. The SMILES string of the molecule is CCPCP1CCCC1. The van der Waals surface area contributed by atoms with Crippen LogP contribution in [0.25, 0.3) is 0 Å². The van der Waals surface area contributed by atoms with Crippen LogP contribution in [0.5, 0.6) is 0 Å². The van der Waals surface area contributed by atoms with E-state index in [9.17, 15) is 0 Å². The summed E-state index contributed by atoms with van der Waals surface area (Å²) in [5.41, 5.74) is 0. The fraction of sp³-hybridized carbons (Fsp3) is 1.00. The van der Waals surface area contributed by atoms with Gasteiger partial charge in [-0.3, -0.25) is 0 Å². The Kier molecular flexibility index (Phi) is 4.11. The molecule has 54 valence electrons. The van der Waals surface area contributed by atoms with Crippen molar-refractivity contribution in [2.75, 3.05) is 24.4 Å². The summed E-state index contributed by atoms with van der Waals surface area (Å²) in [5.74, 6) is 1.60. The Bertz CT molecular complexity index is 67.3. The predicted molar refractivity (Wildman–Crippen MR) is 49.6 cm³/mol. The molecule has 0 aromatic carbocycles. The highest BCUT2D eigenvalue weighted by molar-refractivity contribution is 7.67. The Labute approximate surface area is 61.3 Å². The van der Waals surface area contributed by atoms with E-state index in [1.807, 2.05) is 0 Å². The Balaban J connectivity index is 1.98. The summed E-state index contributed by atoms with van der Waals surface area (Å²) in [6.07, 6.45) is 7.71. The molecule has 0 spiro atoms. The zero-order valence-electron chi connectivity index (χ0n) is 6.19. The molecular formula is C7H16P2. The molecule has 9 heavy (non-hydrogen) atoms. The number of hydrogen-bond acceptors (Lipinski definition) is 0. The zero-order chi connectivity index (χ0) is 6.53. The third kappa shape index (κ3) is 2.96. The standard InChI is InChI=1S/C7H16P2/c1-2-8-7-9-5-3-4-6-9/h8H,2-7H2,1H3. The van der Waals surface area contributed by atoms with Gasteiger partial charge in [-0.15, -0.1) is 16.5 Å². The Morgan fingerprint density at radius 2 is 2.00 bits per heavy atom. The highest BCUT2D eigenvalue weighted by atomic mass is 31.2. The summed E-state index contributed by atoms with van der Waals surface area (Å²) in [5, 5.41) is 0. The second-order valence-electron chi connectivity index (χ2n) is 2.59. The maximum absolute atomic E-state index is 2.31. The minimum absolute atomic E-state index is 0.561. The summed E-state index contributed by atoms with van der Waals surface area (Å²) in [4.78, 5) is 0. The van der Waals surface area contributed by atoms with E-state index < -0.39 is 0 Å². The van der Waals surface area contributed by atoms with Gasteiger partial charge in [0.15, 0.2) is 0 Å². The summed E-state index contributed by atoms with van der Waals surface area (Å²) < 4.78 is 0. The van der Waals surface area contributed by atoms with Crippen molar-refractivity contribution in [3.63, 3.8) is 0 Å². The summed E-state index contributed by atoms with van der Waals surface area (Å²) >= 11 is 0. The first-order valence-corrected chi connectivity index (χ1v) is 7.17. The lowest BCUT2D eigenvalue weighted by atomic mass is 10.4. The van der Waals surface area contributed by atoms with E-state index in [-0.39, 0.29) is 0 Å². The lowest BCUT2D eigenvalue weighted by Gasteiger charge is -2.06. The van der Waals surface area contributed by atoms with Crippen LogP contribution in [0.1, 0.15) is 19.8 Å². The van der Waals surface area contributed by atoms with Crippen LogP contribution in [-0.4, -0.2) is 24.4 Å². The fourth-order valence-corrected chi connectivity index (χ4v) is 6.20. The molecule has 0 N–H and O–H groups in total. The molecular weight excluding hydrogens is 146 g/mol. The maximum Gasteiger partial charge on any atom is -0.0148 e. The lowest BCUT2D eigenvalue weighted by Crippen LogP contribution is -1.78. The topological polar surface area (TPSA) is 0 Å². The predicted octanol–water partition coefficient (Wildman–Crippen LogP) is 2.92. The summed E-state index contributed by atoms with van der Waals surface area (Å²) in [6.45, 7) is 2.31. The van der Waals surface area contributed by atoms with Crippen LogP contribution in [0.4, 0.5) is 0 Å². The van der Waals surface area contributed by atoms with Crippen molar-refractivity contribution >= 4 is 16.5 Å². The summed E-state index contributed by atoms with van der Waals surface area (Å²) in [6, 6.07) is 0. The van der Waals surface area contributed by atoms with Crippen LogP contribution in [0.15, 0.2) is 0 Å². The van der Waals surface area contributed by atoms with Crippen molar-refractivity contribution < 1.29 is 0 Å². The molecule has 0 aliphatic carbocycles. The molecule has 0 amide bonds. The lowest BCUT2D eigenvalue weighted by molar-refractivity contribution is 0.949. The van der Waals surface area contributed by atoms with Gasteiger partial charge in [-0.2, -0.15) is 0 Å². The minimum atomic E-state index is 0.561. The number of hydrogen-bond donors (Lipinski definition) is 0. The third-order valence-corrected chi connectivity index (χ3v) is 6.86. The average Bonchev–Trinajstić information content (AvgIpc) is 2.34. The second-order valence-corrected chi connectivity index (χ2v) is 7.29. The zero-order valence-corrected chi connectivity index (χ0v) is 8.08. The van der Waals surface area contributed by atoms with Gasteiger partial charge in [-0.05, 0) is 37.2 Å². The minimum Gasteiger partial charge on any atom is -0.118 e. The Morgan fingerprint density at radius 3 is 2.56 bits per heavy atom. The van der Waals surface area contributed by atoms with Crippen LogP contribution < -0.4 is 0 Å². The normalized spacial score (nSPS) is 22.3. The smallest absolute Gasteiger partial charge is 0.0148 e. The van der Waals surface area contributed by atoms with Gasteiger partial charge in [0.2, 0.25) is 0 Å². The van der Waals surface area contributed by atoms with Crippen LogP contribution in [0.3, 0.4) is 0 Å². The highest BCUT2D eigenvalue weighted by Crippen LogP contribution is 2.47. The van der Waals surface area contributed by atoms with Gasteiger partial charge < -0.3 is 0 Å². The van der Waals surface area contributed by atoms with Gasteiger partial charge in [-0.1, -0.05) is 6.92 Å². The van der Waals surface area contributed by atoms with Crippen LogP contribution in [0, 0.1) is 0 Å². The molecule has 0 aromatic heterocycles. The van der Waals surface area contributed by atoms with Gasteiger partial charge in [0.05, 0.1) is 0 Å². The van der Waals surface area contributed by atoms with Crippen molar-refractivity contribution in [1.29, 1.82) is 0 Å². The fourth-order valence-electron chi connectivity index (χ4n) is 1.21. The van der Waals surface area contributed by atoms with E-state index in [1.54, 1.807) is 31.1 Å². The van der Waals surface area contributed by atoms with E-state index in [2.05, 4.69) is 6.92 Å². The van der Waals surface area contributed by atoms with Crippen LogP contribution in [0.2, 0.25) is 0 Å². The van der Waals surface area contributed by atoms with E-state index >= 15 is 0 Å². The summed E-state index contributed by atoms with van der Waals surface area (Å²) in [7, 11) is 1.84. The van der Waals surface area contributed by atoms with Crippen LogP contribution >= 0.6 is 16.5 Å². The van der Waals surface area contributed by atoms with E-state index in [0.29, 0.717) is 7.92 Å². The molecule has 1 aliphatic heterocycles. The molecule has 1 fully saturated rings. The first kappa shape index (κ1) is 7.96. The first-order valence-electron chi connectivity index (χ1n) is 3.86. The van der Waals surface area contributed by atoms with E-state index in [1.165, 1.54) is 14.7 Å². The molecule has 0 aromatic rings. The van der Waals surface area contributed by atoms with E-state index in [4.69, 9.17) is 0 Å². The van der Waals surface area contributed by atoms with Crippen molar-refractivity contribution in [3.8, 4) is 0 Å². The molecule has 0 nitrogen and oxygen atoms in total. The van der Waals surface area contributed by atoms with Crippen molar-refractivity contribution in [1.82, 2.24) is 0 Å². The quantitative estimate of drug-likeness (QED) is 0.560. The molecule has 0 saturated carbocycles. The van der Waals surface area contributed by atoms with Gasteiger partial charge in [0.1, 0.15) is 0 Å². The van der Waals surface area contributed by atoms with Crippen molar-refractivity contribution in [3.05, 3.63) is 0 Å². The maximum atomic E-state index is 2.31. The molecule has 0 radical (unpaired) electrons. The molecule has 1 aliphatic rings. The molecule has 1 saturated heterocycles. The average molecular weight is 162 g/mol. The largest absolute Gasteiger partial charge is 0.118 e. The number of rotatable bonds is 3. The molecule has 1 unspecified atom stereocenters. The van der Waals surface area contributed by atoms with Gasteiger partial charge in [-0.25, -0.2) is 0 Å². The molecule has 2 heteroatoms. The Morgan fingerprint density at radius 1 is 1.33 bits per heavy atom. The first-order chi connectivity index (χ1) is 4.43. The molecule has 1 rings (SSSR count). The molecule has 1 heterocycles. The molecule has 0 bridgehead atoms. The second kappa shape index (κ2) is 4.64. The highest BCUT2D eigenvalue weighted by Gasteiger charge is 2.12. The Hall–Kier alpha value is 0.860. The van der Waals surface area contributed by atoms with Gasteiger partial charge in [0, 0.05) is 0 Å². The van der Waals surface area contributed by atoms with E-state index in [0.717, 1.165) is 0 Å². The monoisotopic (exact) mass is 162 g/mol. The molecule has 1 atom stereocenters. The van der Waals surface area contributed by atoms with Crippen LogP contribution in [-0.2, 0) is 0 Å². The van der Waals surface area contributed by atoms with Crippen molar-refractivity contribution in [2.45, 2.75) is 19.8 Å². The van der Waals surface area contributed by atoms with Crippen molar-refractivity contribution in [2.24, 2.45) is 0 Å². The van der Waals surface area contributed by atoms with Gasteiger partial charge >= 0.3 is 0 Å². The van der Waals surface area contributed by atoms with Gasteiger partial charge in [0.25, 0.3) is 0 Å².